The molecule has 0 radical (unpaired) electrons. The highest BCUT2D eigenvalue weighted by atomic mass is 19.1. The van der Waals surface area contributed by atoms with E-state index >= 15 is 0 Å². The maximum Gasteiger partial charge on any atom is 0.305 e. The van der Waals surface area contributed by atoms with Crippen LogP contribution in [0.4, 0.5) is 4.39 Å². The van der Waals surface area contributed by atoms with E-state index in [2.05, 4.69) is 0 Å². The summed E-state index contributed by atoms with van der Waals surface area (Å²) in [4.78, 5) is 11.1. The average Bonchev–Trinajstić information content (AvgIpc) is 2.66. The molecule has 0 unspecified atom stereocenters. The summed E-state index contributed by atoms with van der Waals surface area (Å²) in [7, 11) is 0. The quantitative estimate of drug-likeness (QED) is 0.200. The van der Waals surface area contributed by atoms with E-state index < -0.39 is 6.67 Å². The molecule has 0 amide bonds. The second-order valence-corrected chi connectivity index (χ2v) is 5.33. The van der Waals surface area contributed by atoms with Crippen molar-refractivity contribution in [1.82, 2.24) is 0 Å². The first-order valence-corrected chi connectivity index (χ1v) is 9.49. The molecular weight excluding hydrogens is 363 g/mol. The van der Waals surface area contributed by atoms with Crippen molar-refractivity contribution in [2.75, 3.05) is 92.6 Å². The highest BCUT2D eigenvalue weighted by Crippen LogP contribution is 1.91. The number of carbonyl (C=O) groups is 1. The molecule has 0 spiro atoms. The third-order valence-electron chi connectivity index (χ3n) is 3.03. The lowest BCUT2D eigenvalue weighted by atomic mass is 10.3. The van der Waals surface area contributed by atoms with Crippen molar-refractivity contribution in [1.29, 1.82) is 0 Å². The highest BCUT2D eigenvalue weighted by molar-refractivity contribution is 5.69. The number of ether oxygens (including phenoxy) is 7. The lowest BCUT2D eigenvalue weighted by molar-refractivity contribution is -0.145. The first-order chi connectivity index (χ1) is 13.3. The summed E-state index contributed by atoms with van der Waals surface area (Å²) in [5.74, 6) is -0.189. The Kier molecular flexibility index (Phi) is 22.5. The topological polar surface area (TPSA) is 81.7 Å². The zero-order valence-corrected chi connectivity index (χ0v) is 16.5. The van der Waals surface area contributed by atoms with Gasteiger partial charge in [0.1, 0.15) is 13.3 Å². The Morgan fingerprint density at radius 1 is 0.593 bits per heavy atom. The molecule has 0 aliphatic rings. The predicted octanol–water partition coefficient (Wildman–Crippen LogP) is 1.40. The molecule has 0 saturated carbocycles. The molecule has 27 heavy (non-hydrogen) atoms. The SMILES string of the molecule is CCCC(=O)OCCOCCOCCOCCOCCOCCOCCF. The van der Waals surface area contributed by atoms with Gasteiger partial charge < -0.3 is 33.2 Å². The lowest BCUT2D eigenvalue weighted by Gasteiger charge is -2.08. The molecule has 0 aromatic heterocycles. The molecule has 0 atom stereocenters. The second kappa shape index (κ2) is 23.2. The number of hydrogen-bond donors (Lipinski definition) is 0. The van der Waals surface area contributed by atoms with Crippen LogP contribution < -0.4 is 0 Å². The van der Waals surface area contributed by atoms with Gasteiger partial charge in [-0.05, 0) is 6.42 Å². The van der Waals surface area contributed by atoms with E-state index in [1.165, 1.54) is 0 Å². The molecule has 0 N–H and O–H groups in total. The van der Waals surface area contributed by atoms with Gasteiger partial charge in [-0.3, -0.25) is 4.79 Å². The minimum atomic E-state index is -0.472. The van der Waals surface area contributed by atoms with E-state index in [0.717, 1.165) is 6.42 Å². The van der Waals surface area contributed by atoms with E-state index in [1.54, 1.807) is 0 Å². The monoisotopic (exact) mass is 398 g/mol. The van der Waals surface area contributed by atoms with E-state index in [0.29, 0.717) is 79.1 Å². The van der Waals surface area contributed by atoms with E-state index in [9.17, 15) is 9.18 Å². The Balaban J connectivity index is 3.02. The molecule has 8 nitrogen and oxygen atoms in total. The van der Waals surface area contributed by atoms with Gasteiger partial charge in [-0.25, -0.2) is 4.39 Å². The summed E-state index contributed by atoms with van der Waals surface area (Å²) >= 11 is 0. The van der Waals surface area contributed by atoms with Crippen molar-refractivity contribution in [3.8, 4) is 0 Å². The van der Waals surface area contributed by atoms with Crippen LogP contribution in [0.2, 0.25) is 0 Å². The zero-order valence-electron chi connectivity index (χ0n) is 16.5. The summed E-state index contributed by atoms with van der Waals surface area (Å²) in [6.07, 6.45) is 1.23. The molecule has 0 aliphatic heterocycles. The number of halogens is 1. The zero-order chi connectivity index (χ0) is 19.8. The van der Waals surface area contributed by atoms with Crippen LogP contribution in [-0.4, -0.2) is 98.5 Å². The first kappa shape index (κ1) is 26.2. The Hall–Kier alpha value is -0.840. The Morgan fingerprint density at radius 2 is 0.926 bits per heavy atom. The largest absolute Gasteiger partial charge is 0.463 e. The van der Waals surface area contributed by atoms with Crippen molar-refractivity contribution < 1.29 is 42.3 Å². The van der Waals surface area contributed by atoms with Crippen molar-refractivity contribution in [2.45, 2.75) is 19.8 Å². The van der Waals surface area contributed by atoms with Crippen LogP contribution >= 0.6 is 0 Å². The Labute approximate surface area is 161 Å². The van der Waals surface area contributed by atoms with Crippen molar-refractivity contribution in [2.24, 2.45) is 0 Å². The van der Waals surface area contributed by atoms with E-state index in [1.807, 2.05) is 6.92 Å². The maximum absolute atomic E-state index is 11.7. The molecule has 0 aromatic rings. The smallest absolute Gasteiger partial charge is 0.305 e. The standard InChI is InChI=1S/C18H35FO8/c1-2-3-18(20)27-17-16-26-15-14-25-13-12-24-11-10-23-9-8-22-7-6-21-5-4-19/h2-17H2,1H3. The molecule has 0 saturated heterocycles. The van der Waals surface area contributed by atoms with Crippen LogP contribution in [0.3, 0.4) is 0 Å². The predicted molar refractivity (Wildman–Crippen MR) is 96.8 cm³/mol. The fourth-order valence-electron chi connectivity index (χ4n) is 1.75. The Bertz CT molecular complexity index is 307. The van der Waals surface area contributed by atoms with Gasteiger partial charge >= 0.3 is 5.97 Å². The molecule has 0 fully saturated rings. The maximum atomic E-state index is 11.7. The van der Waals surface area contributed by atoms with Crippen LogP contribution in [-0.2, 0) is 38.0 Å². The van der Waals surface area contributed by atoms with E-state index in [4.69, 9.17) is 33.2 Å². The average molecular weight is 398 g/mol. The Morgan fingerprint density at radius 3 is 1.26 bits per heavy atom. The highest BCUT2D eigenvalue weighted by Gasteiger charge is 1.99. The van der Waals surface area contributed by atoms with Crippen LogP contribution in [0.15, 0.2) is 0 Å². The van der Waals surface area contributed by atoms with Gasteiger partial charge in [-0.1, -0.05) is 6.92 Å². The molecule has 0 aromatic carbocycles. The third kappa shape index (κ3) is 23.1. The third-order valence-corrected chi connectivity index (χ3v) is 3.03. The van der Waals surface area contributed by atoms with Crippen LogP contribution in [0.5, 0.6) is 0 Å². The molecule has 0 aliphatic carbocycles. The lowest BCUT2D eigenvalue weighted by Crippen LogP contribution is -2.15. The second-order valence-electron chi connectivity index (χ2n) is 5.33. The number of rotatable bonds is 22. The molecule has 0 rings (SSSR count). The van der Waals surface area contributed by atoms with Gasteiger partial charge in [0.25, 0.3) is 0 Å². The van der Waals surface area contributed by atoms with Gasteiger partial charge in [-0.2, -0.15) is 0 Å². The fraction of sp³-hybridized carbons (Fsp3) is 0.944. The van der Waals surface area contributed by atoms with Crippen molar-refractivity contribution in [3.63, 3.8) is 0 Å². The molecular formula is C18H35FO8. The fourth-order valence-corrected chi connectivity index (χ4v) is 1.75. The van der Waals surface area contributed by atoms with E-state index in [-0.39, 0.29) is 19.2 Å². The molecule has 162 valence electrons. The molecule has 9 heteroatoms. The van der Waals surface area contributed by atoms with Crippen LogP contribution in [0.25, 0.3) is 0 Å². The summed E-state index contributed by atoms with van der Waals surface area (Å²) < 4.78 is 48.2. The summed E-state index contributed by atoms with van der Waals surface area (Å²) in [6.45, 7) is 6.87. The van der Waals surface area contributed by atoms with Crippen LogP contribution in [0.1, 0.15) is 19.8 Å². The summed E-state index contributed by atoms with van der Waals surface area (Å²) in [5.41, 5.74) is 0. The van der Waals surface area contributed by atoms with Gasteiger partial charge in [0.15, 0.2) is 0 Å². The van der Waals surface area contributed by atoms with Gasteiger partial charge in [0.05, 0.1) is 79.3 Å². The number of esters is 1. The van der Waals surface area contributed by atoms with Crippen molar-refractivity contribution >= 4 is 5.97 Å². The summed E-state index contributed by atoms with van der Waals surface area (Å²) in [6, 6.07) is 0. The first-order valence-electron chi connectivity index (χ1n) is 9.49. The number of alkyl halides is 1. The van der Waals surface area contributed by atoms with Crippen molar-refractivity contribution in [3.05, 3.63) is 0 Å². The molecule has 0 heterocycles. The minimum absolute atomic E-state index is 0.115. The minimum Gasteiger partial charge on any atom is -0.463 e. The number of hydrogen-bond acceptors (Lipinski definition) is 8. The number of carbonyl (C=O) groups excluding carboxylic acids is 1. The van der Waals surface area contributed by atoms with Gasteiger partial charge in [0, 0.05) is 6.42 Å². The van der Waals surface area contributed by atoms with Gasteiger partial charge in [0.2, 0.25) is 0 Å². The normalized spacial score (nSPS) is 11.0. The summed E-state index contributed by atoms with van der Waals surface area (Å²) in [5, 5.41) is 0. The van der Waals surface area contributed by atoms with Gasteiger partial charge in [-0.15, -0.1) is 0 Å². The molecule has 0 bridgehead atoms. The van der Waals surface area contributed by atoms with Crippen LogP contribution in [0, 0.1) is 0 Å².